The van der Waals surface area contributed by atoms with E-state index < -0.39 is 5.97 Å². The second-order valence-electron chi connectivity index (χ2n) is 6.21. The fourth-order valence-electron chi connectivity index (χ4n) is 3.07. The minimum Gasteiger partial charge on any atom is -0.417 e. The molecule has 0 fully saturated rings. The van der Waals surface area contributed by atoms with Crippen molar-refractivity contribution in [1.82, 2.24) is 0 Å². The first-order valence-corrected chi connectivity index (χ1v) is 9.13. The lowest BCUT2D eigenvalue weighted by molar-refractivity contribution is -0.664. The van der Waals surface area contributed by atoms with E-state index in [0.29, 0.717) is 22.9 Å². The third-order valence-corrected chi connectivity index (χ3v) is 4.77. The number of para-hydroxylation sites is 2. The summed E-state index contributed by atoms with van der Waals surface area (Å²) in [5, 5.41) is 1.07. The molecule has 0 unspecified atom stereocenters. The largest absolute Gasteiger partial charge is 0.417 e. The van der Waals surface area contributed by atoms with E-state index in [9.17, 15) is 4.79 Å². The first-order valence-electron chi connectivity index (χ1n) is 8.68. The zero-order chi connectivity index (χ0) is 18.6. The minimum absolute atomic E-state index is 0.404. The number of hydrogen-bond acceptors (Lipinski definition) is 3. The number of thiol groups is 1. The fourth-order valence-corrected chi connectivity index (χ4v) is 3.28. The van der Waals surface area contributed by atoms with Crippen LogP contribution in [0.1, 0.15) is 16.1 Å². The van der Waals surface area contributed by atoms with Crippen LogP contribution in [0.3, 0.4) is 0 Å². The van der Waals surface area contributed by atoms with Crippen LogP contribution in [-0.4, -0.2) is 5.97 Å². The Kier molecular flexibility index (Phi) is 4.90. The van der Waals surface area contributed by atoms with Crippen LogP contribution in [0, 0.1) is 0 Å². The van der Waals surface area contributed by atoms with Crippen LogP contribution in [0.25, 0.3) is 10.9 Å². The lowest BCUT2D eigenvalue weighted by Crippen LogP contribution is -2.42. The van der Waals surface area contributed by atoms with E-state index in [1.165, 1.54) is 0 Å². The van der Waals surface area contributed by atoms with E-state index >= 15 is 0 Å². The molecule has 0 bridgehead atoms. The summed E-state index contributed by atoms with van der Waals surface area (Å²) in [6, 6.07) is 29.1. The van der Waals surface area contributed by atoms with Crippen molar-refractivity contribution < 1.29 is 14.1 Å². The lowest BCUT2D eigenvalue weighted by atomic mass is 10.1. The lowest BCUT2D eigenvalue weighted by Gasteiger charge is -2.09. The molecule has 1 aromatic heterocycles. The highest BCUT2D eigenvalue weighted by atomic mass is 32.1. The Morgan fingerprint density at radius 2 is 1.52 bits per heavy atom. The number of nitrogens with zero attached hydrogens (tertiary/aromatic N) is 1. The molecular formula is C23H18NO2S+. The van der Waals surface area contributed by atoms with E-state index in [1.54, 1.807) is 12.1 Å². The number of esters is 1. The molecule has 0 radical (unpaired) electrons. The molecule has 3 nitrogen and oxygen atoms in total. The van der Waals surface area contributed by atoms with Gasteiger partial charge in [0.15, 0.2) is 6.54 Å². The molecule has 0 atom stereocenters. The van der Waals surface area contributed by atoms with Crippen LogP contribution in [0.5, 0.6) is 5.75 Å². The molecule has 4 heteroatoms. The van der Waals surface area contributed by atoms with Gasteiger partial charge in [0, 0.05) is 28.0 Å². The van der Waals surface area contributed by atoms with Crippen LogP contribution < -0.4 is 9.30 Å². The van der Waals surface area contributed by atoms with Crippen LogP contribution in [0.4, 0.5) is 0 Å². The zero-order valence-electron chi connectivity index (χ0n) is 14.6. The van der Waals surface area contributed by atoms with Gasteiger partial charge in [-0.25, -0.2) is 4.79 Å². The highest BCUT2D eigenvalue weighted by Crippen LogP contribution is 2.22. The van der Waals surface area contributed by atoms with Crippen LogP contribution >= 0.6 is 12.6 Å². The monoisotopic (exact) mass is 372 g/mol. The van der Waals surface area contributed by atoms with Crippen LogP contribution in [-0.2, 0) is 6.54 Å². The number of aromatic nitrogens is 1. The third-order valence-electron chi connectivity index (χ3n) is 4.40. The van der Waals surface area contributed by atoms with E-state index in [1.807, 2.05) is 83.4 Å². The Morgan fingerprint density at radius 1 is 0.815 bits per heavy atom. The highest BCUT2D eigenvalue weighted by molar-refractivity contribution is 7.80. The molecule has 0 saturated heterocycles. The molecule has 132 valence electrons. The maximum absolute atomic E-state index is 12.9. The number of carbonyl (C=O) groups excluding carboxylic acids is 1. The van der Waals surface area contributed by atoms with E-state index in [2.05, 4.69) is 12.6 Å². The summed E-state index contributed by atoms with van der Waals surface area (Å²) < 4.78 is 7.62. The van der Waals surface area contributed by atoms with Gasteiger partial charge >= 0.3 is 5.97 Å². The number of rotatable bonds is 4. The Hall–Kier alpha value is -3.11. The average Bonchev–Trinajstić information content (AvgIpc) is 2.71. The van der Waals surface area contributed by atoms with E-state index in [4.69, 9.17) is 4.74 Å². The van der Waals surface area contributed by atoms with Gasteiger partial charge in [-0.15, -0.1) is 12.6 Å². The van der Waals surface area contributed by atoms with E-state index in [0.717, 1.165) is 16.5 Å². The molecule has 4 rings (SSSR count). The van der Waals surface area contributed by atoms with Gasteiger partial charge in [-0.2, -0.15) is 4.57 Å². The summed E-state index contributed by atoms with van der Waals surface area (Å²) in [7, 11) is 0. The highest BCUT2D eigenvalue weighted by Gasteiger charge is 2.25. The molecular weight excluding hydrogens is 354 g/mol. The summed E-state index contributed by atoms with van der Waals surface area (Å²) in [5.41, 5.74) is 2.59. The predicted octanol–water partition coefficient (Wildman–Crippen LogP) is 4.68. The summed E-state index contributed by atoms with van der Waals surface area (Å²) in [5.74, 6) is 0.0448. The van der Waals surface area contributed by atoms with Gasteiger partial charge in [-0.05, 0) is 24.3 Å². The van der Waals surface area contributed by atoms with Gasteiger partial charge in [-0.3, -0.25) is 0 Å². The maximum Gasteiger partial charge on any atom is 0.409 e. The van der Waals surface area contributed by atoms with Crippen molar-refractivity contribution in [2.45, 2.75) is 11.4 Å². The molecule has 3 aromatic carbocycles. The van der Waals surface area contributed by atoms with Crippen molar-refractivity contribution in [2.24, 2.45) is 0 Å². The fraction of sp³-hybridized carbons (Fsp3) is 0.0435. The summed E-state index contributed by atoms with van der Waals surface area (Å²) in [6.45, 7) is 0.579. The first kappa shape index (κ1) is 17.3. The standard InChI is InChI=1S/C23H17NO2S/c25-23(26-21-12-6-7-13-22(21)27)20-15-14-18-10-4-5-11-19(18)24(20)16-17-8-2-1-3-9-17/h1-15H,16H2/p+1. The zero-order valence-corrected chi connectivity index (χ0v) is 15.5. The van der Waals surface area contributed by atoms with Crippen LogP contribution in [0.15, 0.2) is 95.9 Å². The Bertz CT molecular complexity index is 1110. The third kappa shape index (κ3) is 3.71. The molecule has 1 heterocycles. The second kappa shape index (κ2) is 7.64. The van der Waals surface area contributed by atoms with Crippen molar-refractivity contribution in [3.8, 4) is 5.75 Å². The normalized spacial score (nSPS) is 10.7. The smallest absolute Gasteiger partial charge is 0.409 e. The van der Waals surface area contributed by atoms with Crippen molar-refractivity contribution >= 4 is 29.5 Å². The van der Waals surface area contributed by atoms with Gasteiger partial charge < -0.3 is 4.74 Å². The molecule has 27 heavy (non-hydrogen) atoms. The molecule has 0 aliphatic heterocycles. The van der Waals surface area contributed by atoms with Gasteiger partial charge in [0.1, 0.15) is 5.75 Å². The summed E-state index contributed by atoms with van der Waals surface area (Å²) in [4.78, 5) is 13.6. The topological polar surface area (TPSA) is 30.2 Å². The van der Waals surface area contributed by atoms with Crippen molar-refractivity contribution in [3.05, 3.63) is 102 Å². The van der Waals surface area contributed by atoms with Crippen molar-refractivity contribution in [2.75, 3.05) is 0 Å². The van der Waals surface area contributed by atoms with Gasteiger partial charge in [0.2, 0.25) is 5.52 Å². The summed E-state index contributed by atoms with van der Waals surface area (Å²) >= 11 is 4.37. The first-order chi connectivity index (χ1) is 13.2. The Morgan fingerprint density at radius 3 is 2.33 bits per heavy atom. The SMILES string of the molecule is O=C(Oc1ccccc1S)c1ccc2ccccc2[n+]1Cc1ccccc1. The van der Waals surface area contributed by atoms with Gasteiger partial charge in [-0.1, -0.05) is 54.6 Å². The number of pyridine rings is 1. The maximum atomic E-state index is 12.9. The molecule has 0 saturated carbocycles. The number of hydrogen-bond donors (Lipinski definition) is 1. The number of fused-ring (bicyclic) bond motifs is 1. The van der Waals surface area contributed by atoms with Crippen molar-refractivity contribution in [1.29, 1.82) is 0 Å². The van der Waals surface area contributed by atoms with Crippen LogP contribution in [0.2, 0.25) is 0 Å². The molecule has 4 aromatic rings. The van der Waals surface area contributed by atoms with Gasteiger partial charge in [0.05, 0.1) is 0 Å². The second-order valence-corrected chi connectivity index (χ2v) is 6.69. The minimum atomic E-state index is -0.404. The number of carbonyl (C=O) groups is 1. The van der Waals surface area contributed by atoms with Crippen molar-refractivity contribution in [3.63, 3.8) is 0 Å². The average molecular weight is 372 g/mol. The predicted molar refractivity (Wildman–Crippen MR) is 108 cm³/mol. The quantitative estimate of drug-likeness (QED) is 0.244. The van der Waals surface area contributed by atoms with E-state index in [-0.39, 0.29) is 0 Å². The Balaban J connectivity index is 1.78. The van der Waals surface area contributed by atoms with Gasteiger partial charge in [0.25, 0.3) is 5.69 Å². The molecule has 0 N–H and O–H groups in total. The summed E-state index contributed by atoms with van der Waals surface area (Å²) in [6.07, 6.45) is 0. The molecule has 0 spiro atoms. The Labute approximate surface area is 163 Å². The molecule has 0 aliphatic carbocycles. The molecule has 0 aliphatic rings. The molecule has 0 amide bonds. The number of ether oxygens (including phenoxy) is 1. The number of benzene rings is 3.